The number of amidine groups is 4. The zero-order valence-electron chi connectivity index (χ0n) is 16.2. The smallest absolute Gasteiger partial charge is 0.156 e. The second-order valence-corrected chi connectivity index (χ2v) is 8.57. The molecular weight excluding hydrogens is 404 g/mol. The van der Waals surface area contributed by atoms with Gasteiger partial charge in [-0.1, -0.05) is 60.3 Å². The Kier molecular flexibility index (Phi) is 3.61. The number of rotatable bonds is 2. The second-order valence-electron chi connectivity index (χ2n) is 7.49. The molecule has 2 heterocycles. The van der Waals surface area contributed by atoms with Crippen LogP contribution in [0.4, 0.5) is 0 Å². The monoisotopic (exact) mass is 420 g/mol. The summed E-state index contributed by atoms with van der Waals surface area (Å²) < 4.78 is 0. The second kappa shape index (κ2) is 6.26. The van der Waals surface area contributed by atoms with E-state index in [1.54, 1.807) is 0 Å². The first-order valence-electron chi connectivity index (χ1n) is 9.69. The van der Waals surface area contributed by atoms with Crippen molar-refractivity contribution >= 4 is 56.6 Å². The fraction of sp³-hybridized carbons (Fsp3) is 0. The fourth-order valence-electron chi connectivity index (χ4n) is 4.39. The summed E-state index contributed by atoms with van der Waals surface area (Å²) in [6, 6.07) is 20.1. The number of fused-ring (bicyclic) bond motifs is 6. The molecule has 0 aliphatic carbocycles. The lowest BCUT2D eigenvalue weighted by molar-refractivity contribution is 1.35. The first-order chi connectivity index (χ1) is 15.0. The summed E-state index contributed by atoms with van der Waals surface area (Å²) in [6.45, 7) is 0. The summed E-state index contributed by atoms with van der Waals surface area (Å²) in [5, 5.41) is 20.9. The molecule has 0 bridgehead atoms. The van der Waals surface area contributed by atoms with Crippen molar-refractivity contribution in [1.82, 2.24) is 0 Å². The Bertz CT molecular complexity index is 1450. The zero-order chi connectivity index (χ0) is 21.3. The molecule has 4 aromatic carbocycles. The first kappa shape index (κ1) is 17.9. The van der Waals surface area contributed by atoms with Gasteiger partial charge in [0.1, 0.15) is 11.7 Å². The molecule has 6 N–H and O–H groups in total. The maximum absolute atomic E-state index is 8.43. The molecule has 2 aliphatic heterocycles. The van der Waals surface area contributed by atoms with Gasteiger partial charge in [0, 0.05) is 32.0 Å². The molecule has 0 spiro atoms. The Morgan fingerprint density at radius 1 is 0.613 bits per heavy atom. The van der Waals surface area contributed by atoms with Gasteiger partial charge in [-0.2, -0.15) is 0 Å². The molecule has 148 valence electrons. The molecule has 4 aromatic rings. The highest BCUT2D eigenvalue weighted by molar-refractivity contribution is 7.99. The molecular formula is C24H16N6S. The van der Waals surface area contributed by atoms with E-state index >= 15 is 0 Å². The maximum Gasteiger partial charge on any atom is 0.156 e. The average molecular weight is 421 g/mol. The average Bonchev–Trinajstić information content (AvgIpc) is 3.23. The van der Waals surface area contributed by atoms with Crippen LogP contribution < -0.4 is 11.5 Å². The molecule has 2 aliphatic rings. The maximum atomic E-state index is 8.43. The lowest BCUT2D eigenvalue weighted by Crippen LogP contribution is -2.12. The first-order valence-corrected chi connectivity index (χ1v) is 10.5. The van der Waals surface area contributed by atoms with Gasteiger partial charge < -0.3 is 11.5 Å². The number of aliphatic imine (C=N–C) groups is 2. The summed E-state index contributed by atoms with van der Waals surface area (Å²) in [7, 11) is 0. The molecule has 6 rings (SSSR count). The topological polar surface area (TPSA) is 124 Å². The van der Waals surface area contributed by atoms with E-state index in [0.29, 0.717) is 11.7 Å². The van der Waals surface area contributed by atoms with Gasteiger partial charge in [0.2, 0.25) is 0 Å². The largest absolute Gasteiger partial charge is 0.383 e. The van der Waals surface area contributed by atoms with E-state index in [9.17, 15) is 0 Å². The third-order valence-electron chi connectivity index (χ3n) is 5.70. The fourth-order valence-corrected chi connectivity index (χ4v) is 5.60. The van der Waals surface area contributed by atoms with Crippen molar-refractivity contribution in [2.45, 2.75) is 9.79 Å². The van der Waals surface area contributed by atoms with Gasteiger partial charge in [-0.05, 0) is 33.7 Å². The quantitative estimate of drug-likeness (QED) is 0.388. The van der Waals surface area contributed by atoms with Crippen molar-refractivity contribution in [3.8, 4) is 0 Å². The van der Waals surface area contributed by atoms with Crippen molar-refractivity contribution in [3.05, 3.63) is 82.9 Å². The van der Waals surface area contributed by atoms with Crippen molar-refractivity contribution in [1.29, 1.82) is 10.8 Å². The van der Waals surface area contributed by atoms with Crippen LogP contribution in [-0.2, 0) is 0 Å². The molecule has 0 amide bonds. The van der Waals surface area contributed by atoms with Crippen LogP contribution in [0.5, 0.6) is 0 Å². The van der Waals surface area contributed by atoms with Gasteiger partial charge in [-0.3, -0.25) is 10.8 Å². The van der Waals surface area contributed by atoms with Gasteiger partial charge in [0.25, 0.3) is 0 Å². The van der Waals surface area contributed by atoms with Crippen LogP contribution in [0, 0.1) is 10.8 Å². The third-order valence-corrected chi connectivity index (χ3v) is 6.78. The predicted molar refractivity (Wildman–Crippen MR) is 127 cm³/mol. The Hall–Kier alpha value is -3.97. The minimum atomic E-state index is 0.157. The summed E-state index contributed by atoms with van der Waals surface area (Å²) in [6.07, 6.45) is 0. The highest BCUT2D eigenvalue weighted by Crippen LogP contribution is 2.43. The minimum absolute atomic E-state index is 0.157. The van der Waals surface area contributed by atoms with Crippen molar-refractivity contribution in [3.63, 3.8) is 0 Å². The highest BCUT2D eigenvalue weighted by atomic mass is 32.2. The molecule has 7 heteroatoms. The number of hydrogen-bond acceptors (Lipinski definition) is 5. The van der Waals surface area contributed by atoms with Gasteiger partial charge in [-0.25, -0.2) is 9.98 Å². The minimum Gasteiger partial charge on any atom is -0.383 e. The zero-order valence-corrected chi connectivity index (χ0v) is 17.0. The molecule has 0 aromatic heterocycles. The van der Waals surface area contributed by atoms with Crippen LogP contribution in [0.15, 0.2) is 80.4 Å². The Morgan fingerprint density at radius 3 is 1.48 bits per heavy atom. The van der Waals surface area contributed by atoms with E-state index in [0.717, 1.165) is 53.6 Å². The SMILES string of the molecule is N=C1N=C(N)c2c1c(Sc1cc3ccccc3c3c1C(=N)N=C3N)cc1ccccc21. The number of nitrogens with zero attached hydrogens (tertiary/aromatic N) is 2. The summed E-state index contributed by atoms with van der Waals surface area (Å²) in [4.78, 5) is 10.2. The number of nitrogens with one attached hydrogen (secondary N) is 2. The summed E-state index contributed by atoms with van der Waals surface area (Å²) in [5.41, 5.74) is 15.4. The molecule has 0 fully saturated rings. The Balaban J connectivity index is 1.62. The van der Waals surface area contributed by atoms with Crippen LogP contribution in [0.1, 0.15) is 22.3 Å². The van der Waals surface area contributed by atoms with Crippen LogP contribution in [0.25, 0.3) is 21.5 Å². The number of benzene rings is 4. The van der Waals surface area contributed by atoms with E-state index in [4.69, 9.17) is 22.3 Å². The molecule has 0 saturated carbocycles. The van der Waals surface area contributed by atoms with E-state index < -0.39 is 0 Å². The van der Waals surface area contributed by atoms with Crippen molar-refractivity contribution in [2.75, 3.05) is 0 Å². The molecule has 0 saturated heterocycles. The van der Waals surface area contributed by atoms with E-state index in [2.05, 4.69) is 22.1 Å². The molecule has 0 radical (unpaired) electrons. The van der Waals surface area contributed by atoms with Crippen molar-refractivity contribution < 1.29 is 0 Å². The van der Waals surface area contributed by atoms with Crippen LogP contribution in [0.2, 0.25) is 0 Å². The normalized spacial score (nSPS) is 14.7. The van der Waals surface area contributed by atoms with E-state index in [-0.39, 0.29) is 11.7 Å². The Labute approximate surface area is 181 Å². The Morgan fingerprint density at radius 2 is 1.03 bits per heavy atom. The molecule has 0 unspecified atom stereocenters. The third kappa shape index (κ3) is 2.47. The number of nitrogens with two attached hydrogens (primary N) is 2. The summed E-state index contributed by atoms with van der Waals surface area (Å²) in [5.74, 6) is 1.04. The van der Waals surface area contributed by atoms with Gasteiger partial charge in [0.15, 0.2) is 11.7 Å². The number of hydrogen-bond donors (Lipinski definition) is 4. The summed E-state index contributed by atoms with van der Waals surface area (Å²) >= 11 is 1.50. The van der Waals surface area contributed by atoms with Crippen LogP contribution >= 0.6 is 11.8 Å². The predicted octanol–water partition coefficient (Wildman–Crippen LogP) is 4.23. The van der Waals surface area contributed by atoms with Gasteiger partial charge in [-0.15, -0.1) is 0 Å². The molecule has 6 nitrogen and oxygen atoms in total. The molecule has 0 atom stereocenters. The molecule has 31 heavy (non-hydrogen) atoms. The van der Waals surface area contributed by atoms with Gasteiger partial charge >= 0.3 is 0 Å². The van der Waals surface area contributed by atoms with Crippen molar-refractivity contribution in [2.24, 2.45) is 21.5 Å². The van der Waals surface area contributed by atoms with Gasteiger partial charge in [0.05, 0.1) is 0 Å². The van der Waals surface area contributed by atoms with E-state index in [1.807, 2.05) is 48.5 Å². The lowest BCUT2D eigenvalue weighted by atomic mass is 9.99. The van der Waals surface area contributed by atoms with Crippen LogP contribution in [-0.4, -0.2) is 23.3 Å². The standard InChI is InChI=1S/C24H16N6S/c25-21-17-13-7-3-1-5-11(13)9-15(19(17)23(27)29-21)31-16-10-12-6-2-4-8-14(12)18-20(16)24(28)30-22(18)26/h1-10H,(H3,25,27,29)(H3,26,28,30). The van der Waals surface area contributed by atoms with E-state index in [1.165, 1.54) is 11.8 Å². The lowest BCUT2D eigenvalue weighted by Gasteiger charge is -2.15. The van der Waals surface area contributed by atoms with Crippen LogP contribution in [0.3, 0.4) is 0 Å². The highest BCUT2D eigenvalue weighted by Gasteiger charge is 2.29.